The molecule has 2 rings (SSSR count). The Balaban J connectivity index is 2.24. The molecule has 1 aliphatic rings. The fourth-order valence-corrected chi connectivity index (χ4v) is 2.57. The molecule has 0 unspecified atom stereocenters. The number of nitrogens with zero attached hydrogens (tertiary/aromatic N) is 1. The van der Waals surface area contributed by atoms with Crippen molar-refractivity contribution in [1.82, 2.24) is 10.2 Å². The third-order valence-electron chi connectivity index (χ3n) is 3.48. The highest BCUT2D eigenvalue weighted by Gasteiger charge is 2.23. The number of hydrogen-bond acceptors (Lipinski definition) is 3. The molecule has 0 aromatic heterocycles. The highest BCUT2D eigenvalue weighted by molar-refractivity contribution is 5.36. The number of methoxy groups -OCH3 is 1. The highest BCUT2D eigenvalue weighted by Crippen LogP contribution is 2.32. The first-order valence-corrected chi connectivity index (χ1v) is 6.55. The van der Waals surface area contributed by atoms with Crippen LogP contribution >= 0.6 is 0 Å². The van der Waals surface area contributed by atoms with E-state index in [-0.39, 0.29) is 0 Å². The average Bonchev–Trinajstić information content (AvgIpc) is 2.46. The van der Waals surface area contributed by atoms with E-state index < -0.39 is 0 Å². The lowest BCUT2D eigenvalue weighted by Gasteiger charge is -2.35. The van der Waals surface area contributed by atoms with E-state index in [1.165, 1.54) is 5.56 Å². The third-order valence-corrected chi connectivity index (χ3v) is 3.48. The lowest BCUT2D eigenvalue weighted by Crippen LogP contribution is -2.45. The highest BCUT2D eigenvalue weighted by atomic mass is 16.5. The fourth-order valence-electron chi connectivity index (χ4n) is 2.57. The summed E-state index contributed by atoms with van der Waals surface area (Å²) in [5, 5.41) is 3.39. The lowest BCUT2D eigenvalue weighted by molar-refractivity contribution is 0.171. The lowest BCUT2D eigenvalue weighted by atomic mass is 10.00. The normalized spacial score (nSPS) is 18.3. The van der Waals surface area contributed by atoms with Crippen LogP contribution in [0.4, 0.5) is 0 Å². The molecule has 3 nitrogen and oxygen atoms in total. The van der Waals surface area contributed by atoms with Crippen LogP contribution in [0.5, 0.6) is 5.75 Å². The molecular formula is C15H22N2O. The summed E-state index contributed by atoms with van der Waals surface area (Å²) in [6.45, 7) is 8.17. The van der Waals surface area contributed by atoms with Crippen LogP contribution in [0.25, 0.3) is 0 Å². The van der Waals surface area contributed by atoms with Crippen molar-refractivity contribution in [3.05, 3.63) is 42.5 Å². The number of rotatable bonds is 5. The largest absolute Gasteiger partial charge is 0.496 e. The Morgan fingerprint density at radius 3 is 2.78 bits per heavy atom. The van der Waals surface area contributed by atoms with Gasteiger partial charge in [-0.25, -0.2) is 0 Å². The number of para-hydroxylation sites is 1. The molecule has 98 valence electrons. The minimum atomic E-state index is 0.376. The van der Waals surface area contributed by atoms with Crippen LogP contribution in [-0.2, 0) is 0 Å². The maximum Gasteiger partial charge on any atom is 0.123 e. The zero-order valence-electron chi connectivity index (χ0n) is 11.1. The van der Waals surface area contributed by atoms with E-state index in [0.29, 0.717) is 6.04 Å². The molecular weight excluding hydrogens is 224 g/mol. The van der Waals surface area contributed by atoms with E-state index in [9.17, 15) is 0 Å². The quantitative estimate of drug-likeness (QED) is 0.806. The van der Waals surface area contributed by atoms with Gasteiger partial charge in [0.25, 0.3) is 0 Å². The molecule has 1 atom stereocenters. The van der Waals surface area contributed by atoms with Gasteiger partial charge < -0.3 is 10.1 Å². The zero-order valence-corrected chi connectivity index (χ0v) is 11.1. The van der Waals surface area contributed by atoms with Gasteiger partial charge in [0, 0.05) is 37.8 Å². The summed E-state index contributed by atoms with van der Waals surface area (Å²) in [5.74, 6) is 0.975. The Kier molecular flexibility index (Phi) is 4.79. The molecule has 1 fully saturated rings. The van der Waals surface area contributed by atoms with E-state index in [2.05, 4.69) is 28.9 Å². The summed E-state index contributed by atoms with van der Waals surface area (Å²) >= 11 is 0. The van der Waals surface area contributed by atoms with Crippen LogP contribution < -0.4 is 10.1 Å². The number of nitrogens with one attached hydrogen (secondary N) is 1. The first-order chi connectivity index (χ1) is 8.86. The molecule has 3 heteroatoms. The Bertz CT molecular complexity index is 386. The predicted molar refractivity (Wildman–Crippen MR) is 75.0 cm³/mol. The SMILES string of the molecule is C=CC[C@@H](c1ccccc1OC)N1CCNCC1. The van der Waals surface area contributed by atoms with Gasteiger partial charge in [-0.2, -0.15) is 0 Å². The molecule has 0 spiro atoms. The minimum absolute atomic E-state index is 0.376. The minimum Gasteiger partial charge on any atom is -0.496 e. The van der Waals surface area contributed by atoms with Crippen LogP contribution in [0.15, 0.2) is 36.9 Å². The molecule has 0 aliphatic carbocycles. The van der Waals surface area contributed by atoms with Gasteiger partial charge in [0.2, 0.25) is 0 Å². The zero-order chi connectivity index (χ0) is 12.8. The van der Waals surface area contributed by atoms with E-state index >= 15 is 0 Å². The van der Waals surface area contributed by atoms with E-state index in [1.54, 1.807) is 7.11 Å². The molecule has 18 heavy (non-hydrogen) atoms. The Morgan fingerprint density at radius 1 is 1.39 bits per heavy atom. The van der Waals surface area contributed by atoms with Crippen molar-refractivity contribution in [3.8, 4) is 5.75 Å². The van der Waals surface area contributed by atoms with Gasteiger partial charge in [-0.3, -0.25) is 4.90 Å². The molecule has 0 saturated carbocycles. The van der Waals surface area contributed by atoms with Gasteiger partial charge in [-0.05, 0) is 12.5 Å². The van der Waals surface area contributed by atoms with Gasteiger partial charge in [0.05, 0.1) is 7.11 Å². The fraction of sp³-hybridized carbons (Fsp3) is 0.467. The first-order valence-electron chi connectivity index (χ1n) is 6.55. The number of piperazine rings is 1. The van der Waals surface area contributed by atoms with Crippen molar-refractivity contribution in [3.63, 3.8) is 0 Å². The maximum atomic E-state index is 5.49. The second kappa shape index (κ2) is 6.57. The third kappa shape index (κ3) is 2.92. The van der Waals surface area contributed by atoms with Crippen molar-refractivity contribution in [1.29, 1.82) is 0 Å². The summed E-state index contributed by atoms with van der Waals surface area (Å²) in [6.07, 6.45) is 2.96. The standard InChI is InChI=1S/C15H22N2O/c1-3-6-14(17-11-9-16-10-12-17)13-7-4-5-8-15(13)18-2/h3-5,7-8,14,16H,1,6,9-12H2,2H3/t14-/m0/s1. The summed E-state index contributed by atoms with van der Waals surface area (Å²) < 4.78 is 5.49. The van der Waals surface area contributed by atoms with Crippen molar-refractivity contribution >= 4 is 0 Å². The molecule has 0 bridgehead atoms. The van der Waals surface area contributed by atoms with E-state index in [0.717, 1.165) is 38.3 Å². The Morgan fingerprint density at radius 2 is 2.11 bits per heavy atom. The molecule has 1 aromatic carbocycles. The van der Waals surface area contributed by atoms with Crippen LogP contribution in [0.2, 0.25) is 0 Å². The van der Waals surface area contributed by atoms with Crippen LogP contribution in [0, 0.1) is 0 Å². The molecule has 0 amide bonds. The van der Waals surface area contributed by atoms with Crippen molar-refractivity contribution < 1.29 is 4.74 Å². The molecule has 1 saturated heterocycles. The monoisotopic (exact) mass is 246 g/mol. The van der Waals surface area contributed by atoms with Crippen molar-refractivity contribution in [2.75, 3.05) is 33.3 Å². The van der Waals surface area contributed by atoms with Gasteiger partial charge in [-0.1, -0.05) is 24.3 Å². The average molecular weight is 246 g/mol. The first kappa shape index (κ1) is 13.1. The maximum absolute atomic E-state index is 5.49. The second-order valence-corrected chi connectivity index (χ2v) is 4.57. The Hall–Kier alpha value is -1.32. The van der Waals surface area contributed by atoms with Crippen molar-refractivity contribution in [2.24, 2.45) is 0 Å². The molecule has 1 heterocycles. The van der Waals surface area contributed by atoms with Gasteiger partial charge >= 0.3 is 0 Å². The number of hydrogen-bond donors (Lipinski definition) is 1. The summed E-state index contributed by atoms with van der Waals surface area (Å²) in [6, 6.07) is 8.67. The topological polar surface area (TPSA) is 24.5 Å². The predicted octanol–water partition coefficient (Wildman–Crippen LogP) is 2.22. The van der Waals surface area contributed by atoms with Crippen molar-refractivity contribution in [2.45, 2.75) is 12.5 Å². The van der Waals surface area contributed by atoms with Crippen LogP contribution in [0.3, 0.4) is 0 Å². The summed E-state index contributed by atoms with van der Waals surface area (Å²) in [4.78, 5) is 2.51. The smallest absolute Gasteiger partial charge is 0.123 e. The van der Waals surface area contributed by atoms with E-state index in [4.69, 9.17) is 4.74 Å². The second-order valence-electron chi connectivity index (χ2n) is 4.57. The molecule has 1 aromatic rings. The molecule has 0 radical (unpaired) electrons. The van der Waals surface area contributed by atoms with Gasteiger partial charge in [0.1, 0.15) is 5.75 Å². The van der Waals surface area contributed by atoms with E-state index in [1.807, 2.05) is 18.2 Å². The van der Waals surface area contributed by atoms with Crippen LogP contribution in [-0.4, -0.2) is 38.2 Å². The van der Waals surface area contributed by atoms with Gasteiger partial charge in [-0.15, -0.1) is 6.58 Å². The number of ether oxygens (including phenoxy) is 1. The summed E-state index contributed by atoms with van der Waals surface area (Å²) in [7, 11) is 1.74. The summed E-state index contributed by atoms with van der Waals surface area (Å²) in [5.41, 5.74) is 1.27. The molecule has 1 N–H and O–H groups in total. The Labute approximate surface area is 109 Å². The molecule has 1 aliphatic heterocycles. The van der Waals surface area contributed by atoms with Gasteiger partial charge in [0.15, 0.2) is 0 Å². The van der Waals surface area contributed by atoms with Crippen LogP contribution in [0.1, 0.15) is 18.0 Å². The number of benzene rings is 1.